The summed E-state index contributed by atoms with van der Waals surface area (Å²) in [6.07, 6.45) is 1.77. The maximum absolute atomic E-state index is 13.3. The van der Waals surface area contributed by atoms with Crippen LogP contribution in [0.2, 0.25) is 0 Å². The van der Waals surface area contributed by atoms with E-state index in [9.17, 15) is 9.59 Å². The molecule has 2 aliphatic rings. The Bertz CT molecular complexity index is 703. The van der Waals surface area contributed by atoms with Crippen LogP contribution in [0.15, 0.2) is 12.1 Å². The second kappa shape index (κ2) is 8.12. The van der Waals surface area contributed by atoms with E-state index in [-0.39, 0.29) is 23.2 Å². The molecule has 0 aliphatic carbocycles. The molecule has 148 valence electrons. The average molecular weight is 377 g/mol. The average Bonchev–Trinajstić information content (AvgIpc) is 2.83. The minimum Gasteiger partial charge on any atom is -0.481 e. The molecule has 2 saturated heterocycles. The molecular weight excluding hydrogens is 350 g/mol. The third kappa shape index (κ3) is 3.71. The van der Waals surface area contributed by atoms with Crippen LogP contribution in [0.5, 0.6) is 11.8 Å². The lowest BCUT2D eigenvalue weighted by atomic mass is 9.87. The van der Waals surface area contributed by atoms with Crippen LogP contribution in [0.1, 0.15) is 36.5 Å². The molecule has 0 unspecified atom stereocenters. The maximum Gasteiger partial charge on any atom is 0.259 e. The monoisotopic (exact) mass is 377 g/mol. The third-order valence-electron chi connectivity index (χ3n) is 5.45. The van der Waals surface area contributed by atoms with Gasteiger partial charge in [0.05, 0.1) is 19.8 Å². The Labute approximate surface area is 159 Å². The number of nitrogens with zero attached hydrogens (tertiary/aromatic N) is 3. The Kier molecular flexibility index (Phi) is 5.84. The molecule has 0 bridgehead atoms. The zero-order chi connectivity index (χ0) is 19.4. The van der Waals surface area contributed by atoms with Crippen LogP contribution >= 0.6 is 0 Å². The summed E-state index contributed by atoms with van der Waals surface area (Å²) in [5.74, 6) is 0.518. The van der Waals surface area contributed by atoms with Gasteiger partial charge in [-0.05, 0) is 25.8 Å². The van der Waals surface area contributed by atoms with Crippen molar-refractivity contribution < 1.29 is 23.8 Å². The lowest BCUT2D eigenvalue weighted by Gasteiger charge is -2.46. The van der Waals surface area contributed by atoms with E-state index in [0.717, 1.165) is 12.8 Å². The SMILES string of the molecule is CCN1C(=O)CCN(C(=O)c2ccc(OC)nc2OC)CC12CCOCC2. The van der Waals surface area contributed by atoms with Gasteiger partial charge < -0.3 is 24.0 Å². The van der Waals surface area contributed by atoms with E-state index in [0.29, 0.717) is 50.7 Å². The molecule has 8 nitrogen and oxygen atoms in total. The second-order valence-corrected chi connectivity index (χ2v) is 6.86. The molecule has 3 heterocycles. The lowest BCUT2D eigenvalue weighted by molar-refractivity contribution is -0.139. The highest BCUT2D eigenvalue weighted by atomic mass is 16.5. The van der Waals surface area contributed by atoms with Gasteiger partial charge >= 0.3 is 0 Å². The number of ether oxygens (including phenoxy) is 3. The zero-order valence-electron chi connectivity index (χ0n) is 16.2. The molecule has 2 fully saturated rings. The number of aromatic nitrogens is 1. The Morgan fingerprint density at radius 3 is 2.63 bits per heavy atom. The quantitative estimate of drug-likeness (QED) is 0.788. The van der Waals surface area contributed by atoms with Crippen molar-refractivity contribution in [3.05, 3.63) is 17.7 Å². The largest absolute Gasteiger partial charge is 0.481 e. The van der Waals surface area contributed by atoms with E-state index < -0.39 is 0 Å². The summed E-state index contributed by atoms with van der Waals surface area (Å²) in [5, 5.41) is 0. The molecule has 0 saturated carbocycles. The van der Waals surface area contributed by atoms with Crippen LogP contribution in [0.25, 0.3) is 0 Å². The number of carbonyl (C=O) groups is 2. The van der Waals surface area contributed by atoms with Crippen LogP contribution in [-0.2, 0) is 9.53 Å². The summed E-state index contributed by atoms with van der Waals surface area (Å²) in [5.41, 5.74) is 0.00141. The topological polar surface area (TPSA) is 81.2 Å². The van der Waals surface area contributed by atoms with Crippen molar-refractivity contribution in [3.8, 4) is 11.8 Å². The normalized spacial score (nSPS) is 19.7. The summed E-state index contributed by atoms with van der Waals surface area (Å²) in [7, 11) is 2.99. The Morgan fingerprint density at radius 2 is 2.00 bits per heavy atom. The van der Waals surface area contributed by atoms with E-state index in [2.05, 4.69) is 4.98 Å². The molecule has 2 amide bonds. The van der Waals surface area contributed by atoms with Crippen LogP contribution in [-0.4, -0.2) is 79.2 Å². The van der Waals surface area contributed by atoms with Gasteiger partial charge in [-0.15, -0.1) is 0 Å². The van der Waals surface area contributed by atoms with Gasteiger partial charge in [-0.1, -0.05) is 0 Å². The highest BCUT2D eigenvalue weighted by Crippen LogP contribution is 2.33. The first-order valence-electron chi connectivity index (χ1n) is 9.31. The predicted molar refractivity (Wildman–Crippen MR) is 98.0 cm³/mol. The molecule has 2 aliphatic heterocycles. The molecule has 0 aromatic carbocycles. The van der Waals surface area contributed by atoms with Gasteiger partial charge in [-0.3, -0.25) is 9.59 Å². The van der Waals surface area contributed by atoms with Crippen LogP contribution in [0.4, 0.5) is 0 Å². The van der Waals surface area contributed by atoms with Gasteiger partial charge in [0.15, 0.2) is 0 Å². The molecule has 1 aromatic rings. The fourth-order valence-electron chi connectivity index (χ4n) is 4.04. The van der Waals surface area contributed by atoms with E-state index in [1.165, 1.54) is 14.2 Å². The number of rotatable bonds is 4. The van der Waals surface area contributed by atoms with Crippen molar-refractivity contribution in [1.82, 2.24) is 14.8 Å². The van der Waals surface area contributed by atoms with Crippen molar-refractivity contribution in [1.29, 1.82) is 0 Å². The maximum atomic E-state index is 13.3. The van der Waals surface area contributed by atoms with E-state index in [1.54, 1.807) is 17.0 Å². The van der Waals surface area contributed by atoms with E-state index >= 15 is 0 Å². The fourth-order valence-corrected chi connectivity index (χ4v) is 4.04. The molecule has 1 spiro atoms. The first kappa shape index (κ1) is 19.4. The number of amides is 2. The first-order chi connectivity index (χ1) is 13.0. The van der Waals surface area contributed by atoms with Crippen molar-refractivity contribution in [2.24, 2.45) is 0 Å². The van der Waals surface area contributed by atoms with E-state index in [4.69, 9.17) is 14.2 Å². The Balaban J connectivity index is 1.92. The smallest absolute Gasteiger partial charge is 0.259 e. The summed E-state index contributed by atoms with van der Waals surface area (Å²) < 4.78 is 15.9. The molecule has 1 aromatic heterocycles. The number of methoxy groups -OCH3 is 2. The van der Waals surface area contributed by atoms with Gasteiger partial charge in [0.1, 0.15) is 5.56 Å². The first-order valence-corrected chi connectivity index (χ1v) is 9.31. The summed E-state index contributed by atoms with van der Waals surface area (Å²) in [6.45, 7) is 4.69. The lowest BCUT2D eigenvalue weighted by Crippen LogP contribution is -2.58. The number of hydrogen-bond acceptors (Lipinski definition) is 6. The standard InChI is InChI=1S/C19H27N3O5/c1-4-22-16(23)7-10-21(13-19(22)8-11-27-12-9-19)18(24)14-5-6-15(25-2)20-17(14)26-3/h5-6H,4,7-13H2,1-3H3. The Hall–Kier alpha value is -2.35. The fraction of sp³-hybridized carbons (Fsp3) is 0.632. The number of hydrogen-bond donors (Lipinski definition) is 0. The molecule has 0 radical (unpaired) electrons. The molecule has 8 heteroatoms. The number of pyridine rings is 1. The molecule has 27 heavy (non-hydrogen) atoms. The minimum absolute atomic E-state index is 0.0921. The molecule has 3 rings (SSSR count). The van der Waals surface area contributed by atoms with E-state index in [1.807, 2.05) is 11.8 Å². The highest BCUT2D eigenvalue weighted by Gasteiger charge is 2.44. The van der Waals surface area contributed by atoms with Gasteiger partial charge in [0.25, 0.3) is 5.91 Å². The number of likely N-dealkylation sites (N-methyl/N-ethyl adjacent to an activating group) is 1. The van der Waals surface area contributed by atoms with Crippen LogP contribution in [0.3, 0.4) is 0 Å². The summed E-state index contributed by atoms with van der Waals surface area (Å²) >= 11 is 0. The van der Waals surface area contributed by atoms with Gasteiger partial charge in [0, 0.05) is 45.3 Å². The van der Waals surface area contributed by atoms with Crippen molar-refractivity contribution in [2.45, 2.75) is 31.7 Å². The Morgan fingerprint density at radius 1 is 1.26 bits per heavy atom. The second-order valence-electron chi connectivity index (χ2n) is 6.86. The minimum atomic E-state index is -0.372. The van der Waals surface area contributed by atoms with Gasteiger partial charge in [0.2, 0.25) is 17.7 Å². The highest BCUT2D eigenvalue weighted by molar-refractivity contribution is 5.97. The predicted octanol–water partition coefficient (Wildman–Crippen LogP) is 1.34. The summed E-state index contributed by atoms with van der Waals surface area (Å²) in [6, 6.07) is 3.30. The van der Waals surface area contributed by atoms with Crippen molar-refractivity contribution >= 4 is 11.8 Å². The van der Waals surface area contributed by atoms with Crippen molar-refractivity contribution in [2.75, 3.05) is 47.1 Å². The van der Waals surface area contributed by atoms with Crippen LogP contribution < -0.4 is 9.47 Å². The van der Waals surface area contributed by atoms with Gasteiger partial charge in [-0.2, -0.15) is 4.98 Å². The number of carbonyl (C=O) groups excluding carboxylic acids is 2. The molecule has 0 atom stereocenters. The van der Waals surface area contributed by atoms with Gasteiger partial charge in [-0.25, -0.2) is 0 Å². The molecule has 0 N–H and O–H groups in total. The molecular formula is C19H27N3O5. The van der Waals surface area contributed by atoms with Crippen LogP contribution in [0, 0.1) is 0 Å². The zero-order valence-corrected chi connectivity index (χ0v) is 16.2. The third-order valence-corrected chi connectivity index (χ3v) is 5.45. The summed E-state index contributed by atoms with van der Waals surface area (Å²) in [4.78, 5) is 33.9. The van der Waals surface area contributed by atoms with Crippen molar-refractivity contribution in [3.63, 3.8) is 0 Å².